The summed E-state index contributed by atoms with van der Waals surface area (Å²) in [5, 5.41) is 10.9. The number of hydrogen-bond donors (Lipinski definition) is 2. The van der Waals surface area contributed by atoms with E-state index in [4.69, 9.17) is 0 Å². The van der Waals surface area contributed by atoms with Crippen LogP contribution in [0.25, 0.3) is 0 Å². The normalized spacial score (nSPS) is 12.6. The van der Waals surface area contributed by atoms with Gasteiger partial charge in [-0.25, -0.2) is 4.79 Å². The number of carbonyl (C=O) groups is 2. The van der Waals surface area contributed by atoms with E-state index < -0.39 is 24.0 Å². The monoisotopic (exact) mass is 273 g/mol. The summed E-state index contributed by atoms with van der Waals surface area (Å²) in [5.41, 5.74) is 0.0845. The van der Waals surface area contributed by atoms with E-state index >= 15 is 0 Å². The Morgan fingerprint density at radius 3 is 2.47 bits per heavy atom. The first-order valence-electron chi connectivity index (χ1n) is 5.48. The molecular weight excluding hydrogens is 260 g/mol. The molecule has 1 rings (SSSR count). The summed E-state index contributed by atoms with van der Waals surface area (Å²) < 4.78 is 30.8. The first kappa shape index (κ1) is 15.0. The molecular formula is C12H13F2NO4. The van der Waals surface area contributed by atoms with Gasteiger partial charge < -0.3 is 15.2 Å². The van der Waals surface area contributed by atoms with Crippen LogP contribution in [0.3, 0.4) is 0 Å². The van der Waals surface area contributed by atoms with E-state index in [1.54, 1.807) is 11.4 Å². The Hall–Kier alpha value is -2.02. The van der Waals surface area contributed by atoms with Crippen molar-refractivity contribution >= 4 is 11.9 Å². The number of ether oxygens (including phenoxy) is 1. The van der Waals surface area contributed by atoms with Crippen LogP contribution in [0.15, 0.2) is 30.3 Å². The summed E-state index contributed by atoms with van der Waals surface area (Å²) in [6, 6.07) is 7.46. The van der Waals surface area contributed by atoms with Crippen molar-refractivity contribution in [1.29, 1.82) is 0 Å². The van der Waals surface area contributed by atoms with Crippen LogP contribution in [-0.2, 0) is 9.53 Å². The quantitative estimate of drug-likeness (QED) is 0.618. The highest BCUT2D eigenvalue weighted by Crippen LogP contribution is 2.19. The molecule has 0 saturated heterocycles. The molecule has 104 valence electrons. The minimum atomic E-state index is -4.21. The van der Waals surface area contributed by atoms with Gasteiger partial charge in [-0.15, -0.1) is 0 Å². The second-order valence-electron chi connectivity index (χ2n) is 3.59. The number of benzene rings is 1. The highest BCUT2D eigenvalue weighted by atomic mass is 19.3. The predicted octanol–water partition coefficient (Wildman–Crippen LogP) is 0.933. The molecule has 7 heteroatoms. The van der Waals surface area contributed by atoms with E-state index in [-0.39, 0.29) is 12.2 Å². The van der Waals surface area contributed by atoms with Gasteiger partial charge >= 0.3 is 11.9 Å². The third kappa shape index (κ3) is 3.72. The molecule has 1 aromatic rings. The van der Waals surface area contributed by atoms with Crippen LogP contribution in [0.5, 0.6) is 0 Å². The number of aliphatic hydroxyl groups is 1. The molecule has 0 unspecified atom stereocenters. The van der Waals surface area contributed by atoms with Crippen LogP contribution in [0.2, 0.25) is 0 Å². The van der Waals surface area contributed by atoms with Crippen molar-refractivity contribution < 1.29 is 28.2 Å². The number of esters is 1. The Morgan fingerprint density at radius 2 is 1.95 bits per heavy atom. The molecule has 5 nitrogen and oxygen atoms in total. The van der Waals surface area contributed by atoms with E-state index in [0.29, 0.717) is 0 Å². The maximum absolute atomic E-state index is 13.3. The summed E-state index contributed by atoms with van der Waals surface area (Å²) >= 11 is 0. The second kappa shape index (κ2) is 6.24. The highest BCUT2D eigenvalue weighted by Gasteiger charge is 2.49. The molecule has 0 bridgehead atoms. The Kier molecular flexibility index (Phi) is 4.94. The SMILES string of the molecule is CCOC(=O)C(F)(F)[C@@H](O)NC(=O)c1ccccc1. The first-order valence-corrected chi connectivity index (χ1v) is 5.48. The number of nitrogens with one attached hydrogen (secondary N) is 1. The third-order valence-corrected chi connectivity index (χ3v) is 2.19. The van der Waals surface area contributed by atoms with Crippen molar-refractivity contribution in [1.82, 2.24) is 5.32 Å². The average Bonchev–Trinajstić information content (AvgIpc) is 2.39. The average molecular weight is 273 g/mol. The van der Waals surface area contributed by atoms with E-state index in [9.17, 15) is 23.5 Å². The van der Waals surface area contributed by atoms with Crippen LogP contribution in [0, 0.1) is 0 Å². The Labute approximate surface area is 108 Å². The van der Waals surface area contributed by atoms with Gasteiger partial charge in [0.1, 0.15) is 0 Å². The van der Waals surface area contributed by atoms with Crippen LogP contribution < -0.4 is 5.32 Å². The third-order valence-electron chi connectivity index (χ3n) is 2.19. The summed E-state index contributed by atoms with van der Waals surface area (Å²) in [7, 11) is 0. The van der Waals surface area contributed by atoms with E-state index in [1.807, 2.05) is 0 Å². The van der Waals surface area contributed by atoms with Crippen molar-refractivity contribution in [2.24, 2.45) is 0 Å². The number of amides is 1. The van der Waals surface area contributed by atoms with Gasteiger partial charge in [0, 0.05) is 5.56 Å². The predicted molar refractivity (Wildman–Crippen MR) is 61.5 cm³/mol. The maximum Gasteiger partial charge on any atom is 0.386 e. The molecule has 2 N–H and O–H groups in total. The molecule has 0 heterocycles. The van der Waals surface area contributed by atoms with E-state index in [1.165, 1.54) is 31.2 Å². The molecule has 1 amide bonds. The standard InChI is InChI=1S/C12H13F2NO4/c1-2-19-11(18)12(13,14)10(17)15-9(16)8-6-4-3-5-7-8/h3-7,10,17H,2H2,1H3,(H,15,16)/t10-/m1/s1. The number of hydrogen-bond acceptors (Lipinski definition) is 4. The zero-order valence-corrected chi connectivity index (χ0v) is 10.1. The van der Waals surface area contributed by atoms with E-state index in [2.05, 4.69) is 4.74 Å². The lowest BCUT2D eigenvalue weighted by Crippen LogP contribution is -2.52. The van der Waals surface area contributed by atoms with Crippen molar-refractivity contribution in [2.45, 2.75) is 19.1 Å². The van der Waals surface area contributed by atoms with Gasteiger partial charge in [-0.1, -0.05) is 18.2 Å². The second-order valence-corrected chi connectivity index (χ2v) is 3.59. The summed E-state index contributed by atoms with van der Waals surface area (Å²) in [4.78, 5) is 22.5. The number of rotatable bonds is 5. The lowest BCUT2D eigenvalue weighted by molar-refractivity contribution is -0.190. The van der Waals surface area contributed by atoms with Crippen LogP contribution in [-0.4, -0.2) is 35.7 Å². The first-order chi connectivity index (χ1) is 8.89. The van der Waals surface area contributed by atoms with Crippen molar-refractivity contribution in [2.75, 3.05) is 6.61 Å². The molecule has 0 aromatic heterocycles. The molecule has 0 spiro atoms. The molecule has 0 saturated carbocycles. The number of aliphatic hydroxyl groups excluding tert-OH is 1. The molecule has 0 radical (unpaired) electrons. The summed E-state index contributed by atoms with van der Waals surface area (Å²) in [5.74, 6) is -7.02. The van der Waals surface area contributed by atoms with Gasteiger partial charge in [-0.3, -0.25) is 4.79 Å². The molecule has 1 aromatic carbocycles. The molecule has 19 heavy (non-hydrogen) atoms. The van der Waals surface area contributed by atoms with Gasteiger partial charge in [-0.05, 0) is 19.1 Å². The zero-order chi connectivity index (χ0) is 14.5. The fourth-order valence-electron chi connectivity index (χ4n) is 1.23. The zero-order valence-electron chi connectivity index (χ0n) is 10.1. The van der Waals surface area contributed by atoms with Gasteiger partial charge in [0.15, 0.2) is 0 Å². The number of halogens is 2. The summed E-state index contributed by atoms with van der Waals surface area (Å²) in [6.07, 6.45) is -2.65. The lowest BCUT2D eigenvalue weighted by Gasteiger charge is -2.21. The van der Waals surface area contributed by atoms with Crippen LogP contribution >= 0.6 is 0 Å². The largest absolute Gasteiger partial charge is 0.461 e. The minimum Gasteiger partial charge on any atom is -0.461 e. The maximum atomic E-state index is 13.3. The van der Waals surface area contributed by atoms with E-state index in [0.717, 1.165) is 0 Å². The number of alkyl halides is 2. The molecule has 0 aliphatic rings. The highest BCUT2D eigenvalue weighted by molar-refractivity contribution is 5.94. The topological polar surface area (TPSA) is 75.6 Å². The molecule has 1 atom stereocenters. The molecule has 0 aliphatic carbocycles. The number of carbonyl (C=O) groups excluding carboxylic acids is 2. The van der Waals surface area contributed by atoms with Gasteiger partial charge in [0.2, 0.25) is 6.23 Å². The van der Waals surface area contributed by atoms with Gasteiger partial charge in [-0.2, -0.15) is 8.78 Å². The van der Waals surface area contributed by atoms with Crippen LogP contribution in [0.4, 0.5) is 8.78 Å². The minimum absolute atomic E-state index is 0.0845. The smallest absolute Gasteiger partial charge is 0.386 e. The molecule has 0 aliphatic heterocycles. The van der Waals surface area contributed by atoms with Gasteiger partial charge in [0.05, 0.1) is 6.61 Å². The van der Waals surface area contributed by atoms with Crippen molar-refractivity contribution in [3.63, 3.8) is 0 Å². The lowest BCUT2D eigenvalue weighted by atomic mass is 10.2. The Bertz CT molecular complexity index is 450. The van der Waals surface area contributed by atoms with Crippen molar-refractivity contribution in [3.05, 3.63) is 35.9 Å². The molecule has 0 fully saturated rings. The summed E-state index contributed by atoms with van der Waals surface area (Å²) in [6.45, 7) is 1.09. The fourth-order valence-corrected chi connectivity index (χ4v) is 1.23. The van der Waals surface area contributed by atoms with Gasteiger partial charge in [0.25, 0.3) is 5.91 Å². The van der Waals surface area contributed by atoms with Crippen molar-refractivity contribution in [3.8, 4) is 0 Å². The fraction of sp³-hybridized carbons (Fsp3) is 0.333. The Balaban J connectivity index is 2.71. The Morgan fingerprint density at radius 1 is 1.37 bits per heavy atom. The van der Waals surface area contributed by atoms with Crippen LogP contribution in [0.1, 0.15) is 17.3 Å².